The lowest BCUT2D eigenvalue weighted by atomic mass is 9.97. The number of carbonyl (C=O) groups is 4. The van der Waals surface area contributed by atoms with Crippen LogP contribution in [0.5, 0.6) is 0 Å². The predicted molar refractivity (Wildman–Crippen MR) is 98.7 cm³/mol. The van der Waals surface area contributed by atoms with Gasteiger partial charge in [-0.15, -0.1) is 0 Å². The Hall–Kier alpha value is -2.20. The van der Waals surface area contributed by atoms with Crippen LogP contribution in [0.25, 0.3) is 0 Å². The lowest BCUT2D eigenvalue weighted by Crippen LogP contribution is -2.56. The van der Waals surface area contributed by atoms with Crippen LogP contribution in [0.15, 0.2) is 0 Å². The maximum Gasteiger partial charge on any atom is 0.326 e. The van der Waals surface area contributed by atoms with Gasteiger partial charge in [-0.3, -0.25) is 14.4 Å². The Bertz CT molecular complexity index is 514. The molecule has 8 N–H and O–H groups in total. The first-order chi connectivity index (χ1) is 12.6. The van der Waals surface area contributed by atoms with Crippen LogP contribution < -0.4 is 22.1 Å². The zero-order chi connectivity index (χ0) is 21.0. The minimum atomic E-state index is -1.16. The third kappa shape index (κ3) is 9.90. The summed E-state index contributed by atoms with van der Waals surface area (Å²) in [5, 5.41) is 22.9. The lowest BCUT2D eigenvalue weighted by Gasteiger charge is -2.26. The molecule has 156 valence electrons. The van der Waals surface area contributed by atoms with Crippen molar-refractivity contribution in [3.8, 4) is 0 Å². The molecule has 4 atom stereocenters. The SMILES string of the molecule is CCC(C)C(NC(=O)C(N)CCC(=O)O)C(=O)NC(CCCCN)C(=O)O. The van der Waals surface area contributed by atoms with Crippen LogP contribution in [-0.2, 0) is 19.2 Å². The average molecular weight is 388 g/mol. The molecule has 0 aromatic carbocycles. The minimum Gasteiger partial charge on any atom is -0.481 e. The summed E-state index contributed by atoms with van der Waals surface area (Å²) < 4.78 is 0. The Morgan fingerprint density at radius 2 is 1.63 bits per heavy atom. The number of unbranched alkanes of at least 4 members (excludes halogenated alkanes) is 1. The fourth-order valence-corrected chi connectivity index (χ4v) is 2.38. The molecule has 0 heterocycles. The van der Waals surface area contributed by atoms with Crippen molar-refractivity contribution in [3.63, 3.8) is 0 Å². The highest BCUT2D eigenvalue weighted by Gasteiger charge is 2.30. The van der Waals surface area contributed by atoms with E-state index in [0.29, 0.717) is 25.8 Å². The van der Waals surface area contributed by atoms with E-state index in [4.69, 9.17) is 16.6 Å². The van der Waals surface area contributed by atoms with Gasteiger partial charge in [-0.05, 0) is 38.1 Å². The summed E-state index contributed by atoms with van der Waals surface area (Å²) in [7, 11) is 0. The molecule has 4 unspecified atom stereocenters. The zero-order valence-corrected chi connectivity index (χ0v) is 15.9. The van der Waals surface area contributed by atoms with Crippen LogP contribution in [0.2, 0.25) is 0 Å². The van der Waals surface area contributed by atoms with Crippen molar-refractivity contribution in [1.82, 2.24) is 10.6 Å². The largest absolute Gasteiger partial charge is 0.481 e. The summed E-state index contributed by atoms with van der Waals surface area (Å²) in [6, 6.07) is -3.11. The molecule has 27 heavy (non-hydrogen) atoms. The van der Waals surface area contributed by atoms with E-state index in [-0.39, 0.29) is 25.2 Å². The van der Waals surface area contributed by atoms with E-state index in [9.17, 15) is 24.3 Å². The molecule has 10 nitrogen and oxygen atoms in total. The first-order valence-electron chi connectivity index (χ1n) is 9.14. The predicted octanol–water partition coefficient (Wildman–Crippen LogP) is -0.592. The van der Waals surface area contributed by atoms with Crippen LogP contribution >= 0.6 is 0 Å². The first kappa shape index (κ1) is 24.8. The molecule has 0 aromatic heterocycles. The molecule has 10 heteroatoms. The quantitative estimate of drug-likeness (QED) is 0.213. The molecule has 0 aromatic rings. The molecule has 2 amide bonds. The Morgan fingerprint density at radius 3 is 2.11 bits per heavy atom. The lowest BCUT2D eigenvalue weighted by molar-refractivity contribution is -0.142. The van der Waals surface area contributed by atoms with E-state index in [1.54, 1.807) is 6.92 Å². The van der Waals surface area contributed by atoms with Gasteiger partial charge in [0.25, 0.3) is 0 Å². The van der Waals surface area contributed by atoms with Crippen molar-refractivity contribution in [3.05, 3.63) is 0 Å². The normalized spacial score (nSPS) is 15.3. The van der Waals surface area contributed by atoms with Crippen LogP contribution in [0, 0.1) is 5.92 Å². The van der Waals surface area contributed by atoms with E-state index < -0.39 is 41.9 Å². The standard InChI is InChI=1S/C17H32N4O6/c1-3-10(2)14(21-15(24)11(19)7-8-13(22)23)16(25)20-12(17(26)27)6-4-5-9-18/h10-12,14H,3-9,18-19H2,1-2H3,(H,20,25)(H,21,24)(H,22,23)(H,26,27). The summed E-state index contributed by atoms with van der Waals surface area (Å²) in [5.74, 6) is -3.75. The minimum absolute atomic E-state index is 0.0626. The number of hydrogen-bond donors (Lipinski definition) is 6. The second-order valence-electron chi connectivity index (χ2n) is 6.59. The first-order valence-corrected chi connectivity index (χ1v) is 9.14. The van der Waals surface area contributed by atoms with Crippen molar-refractivity contribution in [2.45, 2.75) is 70.5 Å². The summed E-state index contributed by atoms with van der Waals surface area (Å²) in [4.78, 5) is 46.7. The Labute approximate surface area is 159 Å². The number of aliphatic carboxylic acids is 2. The van der Waals surface area contributed by atoms with Crippen molar-refractivity contribution in [2.75, 3.05) is 6.54 Å². The molecule has 0 bridgehead atoms. The number of nitrogens with two attached hydrogens (primary N) is 2. The molecular weight excluding hydrogens is 356 g/mol. The van der Waals surface area contributed by atoms with E-state index in [2.05, 4.69) is 10.6 Å². The number of carbonyl (C=O) groups excluding carboxylic acids is 2. The van der Waals surface area contributed by atoms with Gasteiger partial charge in [-0.2, -0.15) is 0 Å². The van der Waals surface area contributed by atoms with Gasteiger partial charge in [-0.1, -0.05) is 20.3 Å². The fourth-order valence-electron chi connectivity index (χ4n) is 2.38. The molecule has 0 aliphatic rings. The maximum absolute atomic E-state index is 12.6. The van der Waals surface area contributed by atoms with Gasteiger partial charge in [0.15, 0.2) is 0 Å². The Kier molecular flexibility index (Phi) is 12.0. The number of amides is 2. The summed E-state index contributed by atoms with van der Waals surface area (Å²) in [6.45, 7) is 4.01. The number of nitrogens with one attached hydrogen (secondary N) is 2. The van der Waals surface area contributed by atoms with Gasteiger partial charge >= 0.3 is 11.9 Å². The zero-order valence-electron chi connectivity index (χ0n) is 15.9. The molecule has 0 aliphatic carbocycles. The highest BCUT2D eigenvalue weighted by atomic mass is 16.4. The number of carboxylic acid groups (broad SMARTS) is 2. The molecular formula is C17H32N4O6. The average Bonchev–Trinajstić information content (AvgIpc) is 2.62. The number of rotatable bonds is 14. The third-order valence-corrected chi connectivity index (χ3v) is 4.36. The number of hydrogen-bond acceptors (Lipinski definition) is 6. The molecule has 0 spiro atoms. The molecule has 0 rings (SSSR count). The number of carboxylic acids is 2. The topological polar surface area (TPSA) is 185 Å². The molecule has 0 saturated carbocycles. The maximum atomic E-state index is 12.6. The van der Waals surface area contributed by atoms with E-state index in [0.717, 1.165) is 0 Å². The van der Waals surface area contributed by atoms with Crippen molar-refractivity contribution in [1.29, 1.82) is 0 Å². The second-order valence-corrected chi connectivity index (χ2v) is 6.59. The Balaban J connectivity index is 4.99. The summed E-state index contributed by atoms with van der Waals surface area (Å²) >= 11 is 0. The van der Waals surface area contributed by atoms with Crippen LogP contribution in [-0.4, -0.2) is 58.6 Å². The van der Waals surface area contributed by atoms with Crippen molar-refractivity contribution < 1.29 is 29.4 Å². The van der Waals surface area contributed by atoms with Gasteiger partial charge in [0.2, 0.25) is 11.8 Å². The highest BCUT2D eigenvalue weighted by molar-refractivity contribution is 5.92. The summed E-state index contributed by atoms with van der Waals surface area (Å²) in [5.41, 5.74) is 11.1. The van der Waals surface area contributed by atoms with Crippen LogP contribution in [0.1, 0.15) is 52.4 Å². The van der Waals surface area contributed by atoms with Gasteiger partial charge in [0, 0.05) is 6.42 Å². The van der Waals surface area contributed by atoms with Gasteiger partial charge < -0.3 is 32.3 Å². The third-order valence-electron chi connectivity index (χ3n) is 4.36. The van der Waals surface area contributed by atoms with Crippen molar-refractivity contribution >= 4 is 23.8 Å². The molecule has 0 aliphatic heterocycles. The van der Waals surface area contributed by atoms with Crippen LogP contribution in [0.3, 0.4) is 0 Å². The monoisotopic (exact) mass is 388 g/mol. The van der Waals surface area contributed by atoms with E-state index in [1.165, 1.54) is 0 Å². The fraction of sp³-hybridized carbons (Fsp3) is 0.765. The van der Waals surface area contributed by atoms with E-state index in [1.807, 2.05) is 6.92 Å². The molecule has 0 fully saturated rings. The molecule has 0 saturated heterocycles. The summed E-state index contributed by atoms with van der Waals surface area (Å²) in [6.07, 6.45) is 1.66. The molecule has 0 radical (unpaired) electrons. The Morgan fingerprint density at radius 1 is 1.00 bits per heavy atom. The highest BCUT2D eigenvalue weighted by Crippen LogP contribution is 2.10. The second kappa shape index (κ2) is 13.0. The van der Waals surface area contributed by atoms with E-state index >= 15 is 0 Å². The smallest absolute Gasteiger partial charge is 0.326 e. The van der Waals surface area contributed by atoms with Gasteiger partial charge in [0.05, 0.1) is 6.04 Å². The van der Waals surface area contributed by atoms with Gasteiger partial charge in [0.1, 0.15) is 12.1 Å². The van der Waals surface area contributed by atoms with Gasteiger partial charge in [-0.25, -0.2) is 4.79 Å². The van der Waals surface area contributed by atoms with Crippen molar-refractivity contribution in [2.24, 2.45) is 17.4 Å². The van der Waals surface area contributed by atoms with Crippen LogP contribution in [0.4, 0.5) is 0 Å².